The van der Waals surface area contributed by atoms with Gasteiger partial charge in [-0.15, -0.1) is 0 Å². The fraction of sp³-hybridized carbons (Fsp3) is 0.273. The second-order valence-electron chi connectivity index (χ2n) is 11.9. The van der Waals surface area contributed by atoms with Crippen molar-refractivity contribution in [1.82, 2.24) is 4.57 Å². The van der Waals surface area contributed by atoms with Gasteiger partial charge >= 0.3 is 4.87 Å². The Morgan fingerprint density at radius 2 is 1.56 bits per heavy atom. The van der Waals surface area contributed by atoms with Crippen LogP contribution in [-0.2, 0) is 26.3 Å². The van der Waals surface area contributed by atoms with E-state index >= 15 is 0 Å². The number of carbonyl (C=O) groups is 3. The van der Waals surface area contributed by atoms with Crippen molar-refractivity contribution in [2.75, 3.05) is 10.2 Å². The summed E-state index contributed by atoms with van der Waals surface area (Å²) in [5.41, 5.74) is 3.80. The van der Waals surface area contributed by atoms with Crippen LogP contribution in [0.4, 0.5) is 15.8 Å². The Balaban J connectivity index is 1.41. The molecule has 3 atom stereocenters. The summed E-state index contributed by atoms with van der Waals surface area (Å²) in [6.07, 6.45) is 0. The molecule has 3 heterocycles. The predicted molar refractivity (Wildman–Crippen MR) is 167 cm³/mol. The normalized spacial score (nSPS) is 19.7. The van der Waals surface area contributed by atoms with E-state index < -0.39 is 28.8 Å². The number of rotatable bonds is 5. The van der Waals surface area contributed by atoms with E-state index in [4.69, 9.17) is 0 Å². The molecule has 3 amide bonds. The van der Waals surface area contributed by atoms with E-state index in [9.17, 15) is 23.6 Å². The number of thioether (sulfide) groups is 1. The summed E-state index contributed by atoms with van der Waals surface area (Å²) in [4.78, 5) is 55.9. The van der Waals surface area contributed by atoms with Gasteiger partial charge in [0.05, 0.1) is 16.6 Å². The number of nitrogens with one attached hydrogen (secondary N) is 1. The molecule has 43 heavy (non-hydrogen) atoms. The summed E-state index contributed by atoms with van der Waals surface area (Å²) < 4.78 is 14.7. The van der Waals surface area contributed by atoms with Gasteiger partial charge < -0.3 is 5.32 Å². The highest BCUT2D eigenvalue weighted by Crippen LogP contribution is 2.54. The monoisotopic (exact) mass is 615 g/mol. The largest absolute Gasteiger partial charge is 0.325 e. The van der Waals surface area contributed by atoms with Crippen LogP contribution in [0.1, 0.15) is 48.3 Å². The number of nitrogens with zero attached hydrogens (tertiary/aromatic N) is 2. The second-order valence-corrected chi connectivity index (χ2v) is 14.1. The van der Waals surface area contributed by atoms with Crippen molar-refractivity contribution in [3.05, 3.63) is 110 Å². The Hall–Kier alpha value is -4.02. The molecule has 6 rings (SSSR count). The molecule has 220 valence electrons. The fourth-order valence-corrected chi connectivity index (χ4v) is 8.40. The zero-order valence-corrected chi connectivity index (χ0v) is 25.7. The van der Waals surface area contributed by atoms with Crippen LogP contribution >= 0.6 is 23.1 Å². The third-order valence-corrected chi connectivity index (χ3v) is 10.5. The maximum Gasteiger partial charge on any atom is 0.308 e. The summed E-state index contributed by atoms with van der Waals surface area (Å²) in [5, 5.41) is 2.45. The van der Waals surface area contributed by atoms with Crippen LogP contribution in [0.2, 0.25) is 0 Å². The maximum atomic E-state index is 14.1. The van der Waals surface area contributed by atoms with Crippen LogP contribution in [-0.4, -0.2) is 27.5 Å². The first-order valence-electron chi connectivity index (χ1n) is 13.9. The van der Waals surface area contributed by atoms with Gasteiger partial charge in [-0.3, -0.25) is 23.7 Å². The van der Waals surface area contributed by atoms with Crippen molar-refractivity contribution in [3.63, 3.8) is 0 Å². The highest BCUT2D eigenvalue weighted by atomic mass is 32.2. The molecule has 1 N–H and O–H groups in total. The summed E-state index contributed by atoms with van der Waals surface area (Å²) in [6, 6.07) is 20.6. The topological polar surface area (TPSA) is 88.5 Å². The quantitative estimate of drug-likeness (QED) is 0.275. The zero-order chi connectivity index (χ0) is 30.6. The van der Waals surface area contributed by atoms with Crippen LogP contribution in [0.3, 0.4) is 0 Å². The smallest absolute Gasteiger partial charge is 0.308 e. The number of halogens is 1. The van der Waals surface area contributed by atoms with Crippen molar-refractivity contribution in [3.8, 4) is 0 Å². The summed E-state index contributed by atoms with van der Waals surface area (Å²) in [6.45, 7) is 8.01. The number of imide groups is 1. The van der Waals surface area contributed by atoms with Gasteiger partial charge in [-0.05, 0) is 59.9 Å². The molecule has 0 aliphatic carbocycles. The van der Waals surface area contributed by atoms with E-state index in [0.29, 0.717) is 21.3 Å². The average molecular weight is 616 g/mol. The molecule has 0 spiro atoms. The van der Waals surface area contributed by atoms with Gasteiger partial charge in [0, 0.05) is 16.5 Å². The average Bonchev–Trinajstić information content (AvgIpc) is 3.40. The summed E-state index contributed by atoms with van der Waals surface area (Å²) in [7, 11) is 0. The first-order chi connectivity index (χ1) is 20.4. The predicted octanol–water partition coefficient (Wildman–Crippen LogP) is 6.09. The third-order valence-electron chi connectivity index (χ3n) is 7.91. The molecule has 1 saturated heterocycles. The number of hydrogen-bond donors (Lipinski definition) is 1. The summed E-state index contributed by atoms with van der Waals surface area (Å²) >= 11 is 2.18. The maximum absolute atomic E-state index is 14.1. The Labute approximate surface area is 256 Å². The molecule has 1 fully saturated rings. The number of amides is 3. The first-order valence-corrected chi connectivity index (χ1v) is 15.6. The molecule has 1 aromatic heterocycles. The molecule has 0 bridgehead atoms. The number of anilines is 2. The van der Waals surface area contributed by atoms with Gasteiger partial charge in [0.1, 0.15) is 17.6 Å². The van der Waals surface area contributed by atoms with E-state index in [1.165, 1.54) is 45.5 Å². The van der Waals surface area contributed by atoms with Gasteiger partial charge in [0.25, 0.3) is 0 Å². The molecule has 10 heteroatoms. The van der Waals surface area contributed by atoms with Gasteiger partial charge in [0.15, 0.2) is 0 Å². The Kier molecular flexibility index (Phi) is 7.38. The van der Waals surface area contributed by atoms with Crippen LogP contribution in [0, 0.1) is 18.7 Å². The number of benzene rings is 3. The molecule has 0 radical (unpaired) electrons. The molecular formula is C33H30FN3O4S2. The first kappa shape index (κ1) is 29.1. The Morgan fingerprint density at radius 1 is 0.907 bits per heavy atom. The number of hydrogen-bond acceptors (Lipinski definition) is 6. The highest BCUT2D eigenvalue weighted by Gasteiger charge is 2.56. The Morgan fingerprint density at radius 3 is 2.19 bits per heavy atom. The van der Waals surface area contributed by atoms with E-state index in [1.807, 2.05) is 43.3 Å². The van der Waals surface area contributed by atoms with Crippen molar-refractivity contribution >= 4 is 52.2 Å². The van der Waals surface area contributed by atoms with Gasteiger partial charge in [-0.1, -0.05) is 85.8 Å². The number of carbonyl (C=O) groups excluding carboxylic acids is 3. The minimum atomic E-state index is -0.769. The van der Waals surface area contributed by atoms with Gasteiger partial charge in [-0.25, -0.2) is 9.29 Å². The molecule has 2 aliphatic heterocycles. The standard InChI is InChI=1S/C33H30FN3O4S2/c1-18-5-15-23(16-6-18)37-29(39)26-25(19-7-9-20(10-8-19)33(2,3)4)28-31(42-27(26)30(37)40)36(32(41)43-28)17-24(38)35-22-13-11-21(34)12-14-22/h5-16,25-27H,17H2,1-4H3,(H,35,38)/t25-,26?,27?/m0/s1. The minimum Gasteiger partial charge on any atom is -0.325 e. The molecule has 4 aromatic rings. The second kappa shape index (κ2) is 10.9. The lowest BCUT2D eigenvalue weighted by molar-refractivity contribution is -0.122. The van der Waals surface area contributed by atoms with Crippen LogP contribution in [0.5, 0.6) is 0 Å². The van der Waals surface area contributed by atoms with Crippen molar-refractivity contribution in [1.29, 1.82) is 0 Å². The molecule has 2 aliphatic rings. The fourth-order valence-electron chi connectivity index (χ4n) is 5.63. The van der Waals surface area contributed by atoms with Crippen LogP contribution < -0.4 is 15.1 Å². The number of aryl methyl sites for hydroxylation is 1. The van der Waals surface area contributed by atoms with Crippen molar-refractivity contribution in [2.24, 2.45) is 5.92 Å². The number of thiazole rings is 1. The third kappa shape index (κ3) is 5.34. The molecule has 7 nitrogen and oxygen atoms in total. The van der Waals surface area contributed by atoms with Crippen molar-refractivity contribution < 1.29 is 18.8 Å². The molecule has 0 saturated carbocycles. The molecule has 3 aromatic carbocycles. The van der Waals surface area contributed by atoms with Crippen molar-refractivity contribution in [2.45, 2.75) is 55.8 Å². The van der Waals surface area contributed by atoms with E-state index in [-0.39, 0.29) is 28.6 Å². The minimum absolute atomic E-state index is 0.0813. The molecular weight excluding hydrogens is 586 g/mol. The van der Waals surface area contributed by atoms with E-state index in [1.54, 1.807) is 12.1 Å². The van der Waals surface area contributed by atoms with E-state index in [0.717, 1.165) is 28.0 Å². The van der Waals surface area contributed by atoms with E-state index in [2.05, 4.69) is 26.1 Å². The lowest BCUT2D eigenvalue weighted by Gasteiger charge is -2.31. The van der Waals surface area contributed by atoms with Gasteiger partial charge in [0.2, 0.25) is 17.7 Å². The summed E-state index contributed by atoms with van der Waals surface area (Å²) in [5.74, 6) is -2.79. The van der Waals surface area contributed by atoms with Crippen LogP contribution in [0.15, 0.2) is 82.6 Å². The lowest BCUT2D eigenvalue weighted by Crippen LogP contribution is -2.33. The zero-order valence-electron chi connectivity index (χ0n) is 24.1. The SMILES string of the molecule is Cc1ccc(N2C(=O)C3Sc4c(sc(=O)n4CC(=O)Nc4ccc(F)cc4)[C@@H](c4ccc(C(C)(C)C)cc4)C3C2=O)cc1. The Bertz CT molecular complexity index is 1790. The number of aromatic nitrogens is 1. The van der Waals surface area contributed by atoms with Gasteiger partial charge in [-0.2, -0.15) is 0 Å². The highest BCUT2D eigenvalue weighted by molar-refractivity contribution is 8.00. The molecule has 2 unspecified atom stereocenters. The van der Waals surface area contributed by atoms with Crippen LogP contribution in [0.25, 0.3) is 0 Å². The lowest BCUT2D eigenvalue weighted by atomic mass is 9.81. The number of fused-ring (bicyclic) bond motifs is 2.